The third-order valence-corrected chi connectivity index (χ3v) is 11.2. The molecule has 0 aliphatic heterocycles. The van der Waals surface area contributed by atoms with Gasteiger partial charge in [0.25, 0.3) is 0 Å². The Morgan fingerprint density at radius 2 is 1.00 bits per heavy atom. The molecule has 1 N–H and O–H groups in total. The predicted molar refractivity (Wildman–Crippen MR) is 113 cm³/mol. The molecule has 27 heavy (non-hydrogen) atoms. The van der Waals surface area contributed by atoms with Crippen LogP contribution >= 0.6 is 0 Å². The van der Waals surface area contributed by atoms with Crippen LogP contribution in [-0.2, 0) is 0 Å². The number of rotatable bonds is 4. The predicted octanol–water partition coefficient (Wildman–Crippen LogP) is 6.57. The third-order valence-electron chi connectivity index (χ3n) is 11.2. The molecule has 0 aromatic heterocycles. The van der Waals surface area contributed by atoms with Crippen molar-refractivity contribution >= 4 is 0 Å². The van der Waals surface area contributed by atoms with Crippen LogP contribution < -0.4 is 5.32 Å². The highest BCUT2D eigenvalue weighted by Crippen LogP contribution is 2.71. The summed E-state index contributed by atoms with van der Waals surface area (Å²) in [6.45, 7) is 10.2. The first-order valence-corrected chi connectivity index (χ1v) is 12.5. The van der Waals surface area contributed by atoms with Gasteiger partial charge in [-0.15, -0.1) is 0 Å². The van der Waals surface area contributed by atoms with Crippen molar-refractivity contribution in [3.8, 4) is 0 Å². The van der Waals surface area contributed by atoms with Crippen LogP contribution in [0.5, 0.6) is 0 Å². The first-order valence-electron chi connectivity index (χ1n) is 12.5. The number of hydrogen-bond donors (Lipinski definition) is 1. The first-order chi connectivity index (χ1) is 12.7. The second-order valence-corrected chi connectivity index (χ2v) is 13.6. The van der Waals surface area contributed by atoms with E-state index in [0.717, 1.165) is 35.5 Å². The molecule has 0 spiro atoms. The Labute approximate surface area is 167 Å². The van der Waals surface area contributed by atoms with Gasteiger partial charge in [0.05, 0.1) is 0 Å². The van der Waals surface area contributed by atoms with Gasteiger partial charge in [-0.25, -0.2) is 0 Å². The fourth-order valence-corrected chi connectivity index (χ4v) is 10.8. The third kappa shape index (κ3) is 2.45. The average Bonchev–Trinajstić information content (AvgIpc) is 2.50. The van der Waals surface area contributed by atoms with Gasteiger partial charge in [-0.3, -0.25) is 0 Å². The maximum Gasteiger partial charge on any atom is 0.0200 e. The van der Waals surface area contributed by atoms with Crippen molar-refractivity contribution in [2.45, 2.75) is 116 Å². The van der Waals surface area contributed by atoms with Gasteiger partial charge >= 0.3 is 0 Å². The molecular weight excluding hydrogens is 326 g/mol. The highest BCUT2D eigenvalue weighted by atomic mass is 15.1. The zero-order valence-electron chi connectivity index (χ0n) is 18.4. The molecule has 0 aromatic carbocycles. The molecule has 8 saturated carbocycles. The summed E-state index contributed by atoms with van der Waals surface area (Å²) in [5.74, 6) is 5.92. The fraction of sp³-hybridized carbons (Fsp3) is 1.00. The van der Waals surface area contributed by atoms with Gasteiger partial charge in [-0.05, 0) is 123 Å². The molecule has 8 rings (SSSR count). The van der Waals surface area contributed by atoms with Crippen molar-refractivity contribution in [3.63, 3.8) is 0 Å². The molecule has 2 atom stereocenters. The molecular formula is C26H43N. The molecule has 1 heteroatoms. The molecule has 8 fully saturated rings. The lowest BCUT2D eigenvalue weighted by molar-refractivity contribution is -0.181. The zero-order valence-corrected chi connectivity index (χ0v) is 18.4. The van der Waals surface area contributed by atoms with Crippen LogP contribution in [0.4, 0.5) is 0 Å². The molecule has 0 aromatic rings. The quantitative estimate of drug-likeness (QED) is 0.591. The maximum atomic E-state index is 4.63. The van der Waals surface area contributed by atoms with Crippen molar-refractivity contribution in [1.29, 1.82) is 0 Å². The summed E-state index contributed by atoms with van der Waals surface area (Å²) < 4.78 is 0. The summed E-state index contributed by atoms with van der Waals surface area (Å²) in [6, 6.07) is 0. The smallest absolute Gasteiger partial charge is 0.0200 e. The second kappa shape index (κ2) is 5.35. The molecule has 2 unspecified atom stereocenters. The van der Waals surface area contributed by atoms with Gasteiger partial charge in [0.1, 0.15) is 0 Å². The molecule has 152 valence electrons. The van der Waals surface area contributed by atoms with E-state index in [2.05, 4.69) is 33.0 Å². The largest absolute Gasteiger partial charge is 0.306 e. The molecule has 8 bridgehead atoms. The lowest BCUT2D eigenvalue weighted by atomic mass is 9.37. The zero-order chi connectivity index (χ0) is 18.7. The van der Waals surface area contributed by atoms with E-state index < -0.39 is 0 Å². The Hall–Kier alpha value is -0.0400. The van der Waals surface area contributed by atoms with Crippen molar-refractivity contribution in [3.05, 3.63) is 0 Å². The Bertz CT molecular complexity index is 571. The van der Waals surface area contributed by atoms with Crippen LogP contribution in [0.25, 0.3) is 0 Å². The van der Waals surface area contributed by atoms with E-state index in [-0.39, 0.29) is 0 Å². The Morgan fingerprint density at radius 1 is 0.556 bits per heavy atom. The van der Waals surface area contributed by atoms with Crippen molar-refractivity contribution < 1.29 is 0 Å². The Kier molecular flexibility index (Phi) is 3.53. The minimum absolute atomic E-state index is 0.486. The van der Waals surface area contributed by atoms with Crippen LogP contribution in [0, 0.1) is 46.3 Å². The van der Waals surface area contributed by atoms with Gasteiger partial charge in [-0.2, -0.15) is 0 Å². The van der Waals surface area contributed by atoms with E-state index in [4.69, 9.17) is 0 Å². The van der Waals surface area contributed by atoms with Gasteiger partial charge in [0.15, 0.2) is 0 Å². The summed E-state index contributed by atoms with van der Waals surface area (Å²) in [5.41, 5.74) is 2.30. The van der Waals surface area contributed by atoms with Crippen LogP contribution in [0.3, 0.4) is 0 Å². The van der Waals surface area contributed by atoms with Crippen molar-refractivity contribution in [2.24, 2.45) is 46.3 Å². The lowest BCUT2D eigenvalue weighted by Crippen LogP contribution is -2.72. The van der Waals surface area contributed by atoms with Crippen LogP contribution in [0.15, 0.2) is 0 Å². The summed E-state index contributed by atoms with van der Waals surface area (Å²) >= 11 is 0. The van der Waals surface area contributed by atoms with Gasteiger partial charge in [-0.1, -0.05) is 27.7 Å². The summed E-state index contributed by atoms with van der Waals surface area (Å²) in [5, 5.41) is 4.63. The molecule has 0 saturated heterocycles. The van der Waals surface area contributed by atoms with Crippen molar-refractivity contribution in [1.82, 2.24) is 5.32 Å². The molecule has 0 amide bonds. The molecule has 1 nitrogen and oxygen atoms in total. The Morgan fingerprint density at radius 3 is 1.44 bits per heavy atom. The number of hydrogen-bond acceptors (Lipinski definition) is 1. The SMILES string of the molecule is CC(C)C12CC3CC(NC45CC6CC(CC(C6)C4)C5)(C1)CC(C(C)C)(C3)C2. The van der Waals surface area contributed by atoms with Crippen molar-refractivity contribution in [2.75, 3.05) is 0 Å². The van der Waals surface area contributed by atoms with E-state index in [9.17, 15) is 0 Å². The van der Waals surface area contributed by atoms with E-state index in [0.29, 0.717) is 21.9 Å². The monoisotopic (exact) mass is 369 g/mol. The van der Waals surface area contributed by atoms with E-state index in [1.54, 1.807) is 32.1 Å². The van der Waals surface area contributed by atoms with E-state index >= 15 is 0 Å². The highest BCUT2D eigenvalue weighted by Gasteiger charge is 2.66. The van der Waals surface area contributed by atoms with Crippen LogP contribution in [0.2, 0.25) is 0 Å². The van der Waals surface area contributed by atoms with Gasteiger partial charge in [0, 0.05) is 11.1 Å². The summed E-state index contributed by atoms with van der Waals surface area (Å²) in [7, 11) is 0. The average molecular weight is 370 g/mol. The molecule has 8 aliphatic rings. The standard InChI is InChI=1S/C26H43N/c1-17(2)23-8-22-9-24(14-23,18(3)4)16-26(13-22,15-23)27-25-10-19-5-20(11-25)7-21(6-19)12-25/h17-22,27H,5-16H2,1-4H3. The van der Waals surface area contributed by atoms with Crippen LogP contribution in [-0.4, -0.2) is 11.1 Å². The lowest BCUT2D eigenvalue weighted by Gasteiger charge is -2.71. The molecule has 0 heterocycles. The topological polar surface area (TPSA) is 12.0 Å². The summed E-state index contributed by atoms with van der Waals surface area (Å²) in [4.78, 5) is 0. The van der Waals surface area contributed by atoms with E-state index in [1.165, 1.54) is 44.9 Å². The minimum atomic E-state index is 0.486. The maximum absolute atomic E-state index is 4.63. The van der Waals surface area contributed by atoms with Crippen LogP contribution in [0.1, 0.15) is 105 Å². The summed E-state index contributed by atoms with van der Waals surface area (Å²) in [6.07, 6.45) is 18.4. The normalized spacial score (nSPS) is 58.0. The second-order valence-electron chi connectivity index (χ2n) is 13.6. The van der Waals surface area contributed by atoms with Gasteiger partial charge < -0.3 is 5.32 Å². The highest BCUT2D eigenvalue weighted by molar-refractivity contribution is 5.20. The Balaban J connectivity index is 1.36. The first kappa shape index (κ1) is 17.8. The molecule has 8 aliphatic carbocycles. The number of nitrogens with one attached hydrogen (secondary N) is 1. The van der Waals surface area contributed by atoms with E-state index in [1.807, 2.05) is 0 Å². The van der Waals surface area contributed by atoms with Gasteiger partial charge in [0.2, 0.25) is 0 Å². The fourth-order valence-electron chi connectivity index (χ4n) is 10.8. The minimum Gasteiger partial charge on any atom is -0.306 e. The molecule has 0 radical (unpaired) electrons.